The van der Waals surface area contributed by atoms with Crippen molar-refractivity contribution in [2.45, 2.75) is 44.9 Å². The highest BCUT2D eigenvalue weighted by Crippen LogP contribution is 2.30. The molecule has 0 spiro atoms. The van der Waals surface area contributed by atoms with Crippen LogP contribution in [0.3, 0.4) is 0 Å². The minimum absolute atomic E-state index is 0.0215. The first kappa shape index (κ1) is 16.3. The van der Waals surface area contributed by atoms with Gasteiger partial charge in [-0.15, -0.1) is 0 Å². The fourth-order valence-corrected chi connectivity index (χ4v) is 3.14. The molecule has 126 valence electrons. The molecule has 0 saturated heterocycles. The van der Waals surface area contributed by atoms with Gasteiger partial charge in [-0.25, -0.2) is 0 Å². The van der Waals surface area contributed by atoms with Gasteiger partial charge in [-0.1, -0.05) is 31.4 Å². The smallest absolute Gasteiger partial charge is 0.204 e. The highest BCUT2D eigenvalue weighted by atomic mass is 19.2. The lowest BCUT2D eigenvalue weighted by Gasteiger charge is -2.21. The number of ether oxygens (including phenoxy) is 2. The molecule has 2 saturated carbocycles. The van der Waals surface area contributed by atoms with Crippen LogP contribution in [0.1, 0.15) is 44.9 Å². The summed E-state index contributed by atoms with van der Waals surface area (Å²) in [4.78, 5) is 0. The Balaban J connectivity index is 1.52. The van der Waals surface area contributed by atoms with Crippen LogP contribution in [0, 0.1) is 23.5 Å². The summed E-state index contributed by atoms with van der Waals surface area (Å²) in [5.74, 6) is -0.910. The molecular weight excluding hydrogens is 298 g/mol. The molecular formula is C19H24F2O2. The average Bonchev–Trinajstić information content (AvgIpc) is 3.02. The molecule has 2 aliphatic rings. The van der Waals surface area contributed by atoms with E-state index in [9.17, 15) is 8.78 Å². The third-order valence-corrected chi connectivity index (χ3v) is 4.85. The Bertz CT molecular complexity index is 547. The van der Waals surface area contributed by atoms with Crippen LogP contribution in [0.5, 0.6) is 11.5 Å². The Morgan fingerprint density at radius 3 is 2.17 bits per heavy atom. The van der Waals surface area contributed by atoms with E-state index in [1.807, 2.05) is 6.08 Å². The van der Waals surface area contributed by atoms with Gasteiger partial charge in [0.05, 0.1) is 6.61 Å². The van der Waals surface area contributed by atoms with E-state index in [4.69, 9.17) is 9.47 Å². The number of halogens is 2. The molecule has 0 bridgehead atoms. The van der Waals surface area contributed by atoms with Crippen molar-refractivity contribution >= 4 is 0 Å². The highest BCUT2D eigenvalue weighted by Gasteiger charge is 2.19. The van der Waals surface area contributed by atoms with E-state index in [1.165, 1.54) is 44.2 Å². The lowest BCUT2D eigenvalue weighted by molar-refractivity contribution is 0.236. The van der Waals surface area contributed by atoms with Crippen LogP contribution in [0.4, 0.5) is 8.78 Å². The minimum Gasteiger partial charge on any atom is -0.490 e. The summed E-state index contributed by atoms with van der Waals surface area (Å²) in [6, 6.07) is 2.90. The van der Waals surface area contributed by atoms with Crippen LogP contribution in [0.2, 0.25) is 0 Å². The van der Waals surface area contributed by atoms with E-state index in [0.717, 1.165) is 12.8 Å². The van der Waals surface area contributed by atoms with Crippen molar-refractivity contribution in [2.75, 3.05) is 13.2 Å². The summed E-state index contributed by atoms with van der Waals surface area (Å²) >= 11 is 0. The maximum Gasteiger partial charge on any atom is 0.204 e. The van der Waals surface area contributed by atoms with Gasteiger partial charge in [-0.05, 0) is 49.7 Å². The zero-order chi connectivity index (χ0) is 16.1. The normalized spacial score (nSPS) is 19.2. The number of benzene rings is 1. The van der Waals surface area contributed by atoms with Gasteiger partial charge in [0.2, 0.25) is 11.6 Å². The Kier molecular flexibility index (Phi) is 5.52. The molecule has 0 heterocycles. The zero-order valence-corrected chi connectivity index (χ0v) is 13.4. The van der Waals surface area contributed by atoms with E-state index in [2.05, 4.69) is 6.08 Å². The molecule has 0 radical (unpaired) electrons. The van der Waals surface area contributed by atoms with Crippen molar-refractivity contribution in [3.63, 3.8) is 0 Å². The van der Waals surface area contributed by atoms with Gasteiger partial charge < -0.3 is 9.47 Å². The summed E-state index contributed by atoms with van der Waals surface area (Å²) in [6.07, 6.45) is 12.3. The van der Waals surface area contributed by atoms with Crippen molar-refractivity contribution in [1.29, 1.82) is 0 Å². The average molecular weight is 322 g/mol. The maximum absolute atomic E-state index is 14.0. The molecule has 1 aromatic rings. The molecule has 0 atom stereocenters. The molecule has 0 amide bonds. The molecule has 0 unspecified atom stereocenters. The topological polar surface area (TPSA) is 18.5 Å². The Hall–Kier alpha value is -1.58. The molecule has 23 heavy (non-hydrogen) atoms. The van der Waals surface area contributed by atoms with Crippen molar-refractivity contribution in [3.8, 4) is 11.5 Å². The monoisotopic (exact) mass is 322 g/mol. The Morgan fingerprint density at radius 2 is 1.57 bits per heavy atom. The van der Waals surface area contributed by atoms with Gasteiger partial charge in [0.1, 0.15) is 6.61 Å². The van der Waals surface area contributed by atoms with Crippen LogP contribution in [0.15, 0.2) is 24.3 Å². The van der Waals surface area contributed by atoms with Crippen LogP contribution in [-0.4, -0.2) is 13.2 Å². The molecule has 2 aliphatic carbocycles. The first-order chi connectivity index (χ1) is 11.2. The van der Waals surface area contributed by atoms with Gasteiger partial charge in [0.25, 0.3) is 0 Å². The van der Waals surface area contributed by atoms with Crippen molar-refractivity contribution in [3.05, 3.63) is 35.9 Å². The predicted octanol–water partition coefficient (Wildman–Crippen LogP) is 5.27. The Morgan fingerprint density at radius 1 is 0.913 bits per heavy atom. The first-order valence-electron chi connectivity index (χ1n) is 8.64. The fraction of sp³-hybridized carbons (Fsp3) is 0.579. The molecule has 1 aromatic carbocycles. The van der Waals surface area contributed by atoms with Crippen LogP contribution < -0.4 is 9.47 Å². The Labute approximate surface area is 136 Å². The van der Waals surface area contributed by atoms with Crippen molar-refractivity contribution in [2.24, 2.45) is 11.8 Å². The molecule has 3 rings (SSSR count). The summed E-state index contributed by atoms with van der Waals surface area (Å²) in [7, 11) is 0. The van der Waals surface area contributed by atoms with E-state index < -0.39 is 11.6 Å². The lowest BCUT2D eigenvalue weighted by Crippen LogP contribution is -2.10. The highest BCUT2D eigenvalue weighted by molar-refractivity contribution is 5.35. The largest absolute Gasteiger partial charge is 0.490 e. The maximum atomic E-state index is 14.0. The molecule has 0 aliphatic heterocycles. The van der Waals surface area contributed by atoms with Gasteiger partial charge in [-0.3, -0.25) is 0 Å². The van der Waals surface area contributed by atoms with E-state index in [1.54, 1.807) is 0 Å². The van der Waals surface area contributed by atoms with Crippen LogP contribution in [-0.2, 0) is 0 Å². The van der Waals surface area contributed by atoms with E-state index >= 15 is 0 Å². The number of rotatable bonds is 7. The first-order valence-corrected chi connectivity index (χ1v) is 8.64. The minimum atomic E-state index is -0.967. The number of hydrogen-bond donors (Lipinski definition) is 0. The SMILES string of the molecule is Fc1c(OC/C=C/C2CCC2)ccc(OCC2CCCC2)c1F. The summed E-state index contributed by atoms with van der Waals surface area (Å²) < 4.78 is 38.8. The number of hydrogen-bond acceptors (Lipinski definition) is 2. The molecule has 2 nitrogen and oxygen atoms in total. The fourth-order valence-electron chi connectivity index (χ4n) is 3.14. The van der Waals surface area contributed by atoms with Crippen molar-refractivity contribution < 1.29 is 18.3 Å². The second-order valence-electron chi connectivity index (χ2n) is 6.58. The second-order valence-corrected chi connectivity index (χ2v) is 6.58. The zero-order valence-electron chi connectivity index (χ0n) is 13.4. The number of allylic oxidation sites excluding steroid dienone is 1. The van der Waals surface area contributed by atoms with Crippen molar-refractivity contribution in [1.82, 2.24) is 0 Å². The van der Waals surface area contributed by atoms with Gasteiger partial charge in [0, 0.05) is 0 Å². The summed E-state index contributed by atoms with van der Waals surface area (Å²) in [6.45, 7) is 0.718. The van der Waals surface area contributed by atoms with E-state index in [-0.39, 0.29) is 18.1 Å². The van der Waals surface area contributed by atoms with Gasteiger partial charge in [0.15, 0.2) is 11.5 Å². The van der Waals surface area contributed by atoms with Gasteiger partial charge in [-0.2, -0.15) is 8.78 Å². The third-order valence-electron chi connectivity index (χ3n) is 4.85. The third kappa shape index (κ3) is 4.24. The quantitative estimate of drug-likeness (QED) is 0.637. The van der Waals surface area contributed by atoms with Gasteiger partial charge >= 0.3 is 0 Å². The molecule has 0 N–H and O–H groups in total. The summed E-state index contributed by atoms with van der Waals surface area (Å²) in [5, 5.41) is 0. The lowest BCUT2D eigenvalue weighted by atomic mass is 9.85. The molecule has 4 heteroatoms. The standard InChI is InChI=1S/C19H24F2O2/c20-18-16(22-12-4-9-14-7-3-8-14)10-11-17(19(18)21)23-13-15-5-1-2-6-15/h4,9-11,14-15H,1-3,5-8,12-13H2/b9-4+. The molecule has 0 aromatic heterocycles. The van der Waals surface area contributed by atoms with Crippen LogP contribution >= 0.6 is 0 Å². The second kappa shape index (κ2) is 7.80. The van der Waals surface area contributed by atoms with E-state index in [0.29, 0.717) is 18.4 Å². The van der Waals surface area contributed by atoms with Crippen LogP contribution in [0.25, 0.3) is 0 Å². The molecule has 2 fully saturated rings. The predicted molar refractivity (Wildman–Crippen MR) is 85.8 cm³/mol. The summed E-state index contributed by atoms with van der Waals surface area (Å²) in [5.41, 5.74) is 0.